The number of ether oxygens (including phenoxy) is 1. The molecule has 2 N–H and O–H groups in total. The minimum atomic E-state index is -4.72. The van der Waals surface area contributed by atoms with Crippen molar-refractivity contribution in [3.05, 3.63) is 70.6 Å². The minimum Gasteiger partial charge on any atom is -0.447 e. The van der Waals surface area contributed by atoms with Gasteiger partial charge in [0.2, 0.25) is 5.91 Å². The molecule has 0 bridgehead atoms. The predicted molar refractivity (Wildman–Crippen MR) is 117 cm³/mol. The Morgan fingerprint density at radius 1 is 1.15 bits per heavy atom. The minimum absolute atomic E-state index is 0.0313. The van der Waals surface area contributed by atoms with E-state index in [-0.39, 0.29) is 41.3 Å². The van der Waals surface area contributed by atoms with Gasteiger partial charge in [-0.15, -0.1) is 0 Å². The van der Waals surface area contributed by atoms with E-state index in [4.69, 9.17) is 16.3 Å². The second kappa shape index (κ2) is 10.7. The molecule has 12 heteroatoms. The van der Waals surface area contributed by atoms with Crippen molar-refractivity contribution in [1.82, 2.24) is 15.4 Å². The lowest BCUT2D eigenvalue weighted by Crippen LogP contribution is -2.43. The SMILES string of the molecule is CC(=O)N(CCOC(=O)Nc1cc2ccccc2c(C(F)(F)F)n1)NCc1cccc(F)c1Cl. The van der Waals surface area contributed by atoms with Crippen LogP contribution in [0.15, 0.2) is 48.5 Å². The summed E-state index contributed by atoms with van der Waals surface area (Å²) in [7, 11) is 0. The molecule has 0 fully saturated rings. The van der Waals surface area contributed by atoms with Gasteiger partial charge in [0.05, 0.1) is 11.6 Å². The second-order valence-electron chi connectivity index (χ2n) is 7.05. The number of fused-ring (bicyclic) bond motifs is 1. The van der Waals surface area contributed by atoms with Crippen LogP contribution in [0.1, 0.15) is 18.2 Å². The third-order valence-electron chi connectivity index (χ3n) is 4.66. The normalized spacial score (nSPS) is 11.4. The monoisotopic (exact) mass is 498 g/mol. The molecule has 2 amide bonds. The van der Waals surface area contributed by atoms with Gasteiger partial charge in [-0.2, -0.15) is 13.2 Å². The molecular formula is C22H19ClF4N4O3. The smallest absolute Gasteiger partial charge is 0.434 e. The van der Waals surface area contributed by atoms with E-state index in [2.05, 4.69) is 15.7 Å². The van der Waals surface area contributed by atoms with E-state index in [1.54, 1.807) is 12.1 Å². The molecule has 180 valence electrons. The summed E-state index contributed by atoms with van der Waals surface area (Å²) in [5.74, 6) is -1.35. The molecule has 0 aliphatic heterocycles. The van der Waals surface area contributed by atoms with Crippen LogP contribution in [0.2, 0.25) is 5.02 Å². The van der Waals surface area contributed by atoms with Gasteiger partial charge in [0.15, 0.2) is 5.69 Å². The standard InChI is InChI=1S/C22H19ClF4N4O3/c1-13(32)31(28-12-15-6-4-8-17(24)19(15)23)9-10-34-21(33)30-18-11-14-5-2-3-7-16(14)20(29-18)22(25,26)27/h2-8,11,28H,9-10,12H2,1H3,(H,29,30,33). The highest BCUT2D eigenvalue weighted by Gasteiger charge is 2.35. The Bertz CT molecular complexity index is 1210. The summed E-state index contributed by atoms with van der Waals surface area (Å²) < 4.78 is 58.6. The van der Waals surface area contributed by atoms with Gasteiger partial charge in [-0.3, -0.25) is 15.1 Å². The highest BCUT2D eigenvalue weighted by atomic mass is 35.5. The van der Waals surface area contributed by atoms with Crippen LogP contribution in [0.3, 0.4) is 0 Å². The van der Waals surface area contributed by atoms with E-state index in [1.807, 2.05) is 0 Å². The van der Waals surface area contributed by atoms with Crippen molar-refractivity contribution < 1.29 is 31.9 Å². The molecule has 0 radical (unpaired) electrons. The van der Waals surface area contributed by atoms with Crippen LogP contribution in [-0.4, -0.2) is 35.1 Å². The summed E-state index contributed by atoms with van der Waals surface area (Å²) in [6.07, 6.45) is -5.77. The number of hydrogen-bond donors (Lipinski definition) is 2. The van der Waals surface area contributed by atoms with Crippen molar-refractivity contribution in [1.29, 1.82) is 0 Å². The van der Waals surface area contributed by atoms with Crippen molar-refractivity contribution in [3.8, 4) is 0 Å². The van der Waals surface area contributed by atoms with Crippen molar-refractivity contribution >= 4 is 40.2 Å². The number of amides is 2. The number of halogens is 5. The highest BCUT2D eigenvalue weighted by Crippen LogP contribution is 2.34. The van der Waals surface area contributed by atoms with Crippen LogP contribution >= 0.6 is 11.6 Å². The fourth-order valence-corrected chi connectivity index (χ4v) is 3.26. The molecule has 34 heavy (non-hydrogen) atoms. The van der Waals surface area contributed by atoms with E-state index in [1.165, 1.54) is 43.3 Å². The number of carbonyl (C=O) groups excluding carboxylic acids is 2. The Morgan fingerprint density at radius 3 is 2.59 bits per heavy atom. The maximum absolute atomic E-state index is 13.5. The van der Waals surface area contributed by atoms with Gasteiger partial charge in [0.1, 0.15) is 18.2 Å². The molecule has 3 aromatic rings. The fourth-order valence-electron chi connectivity index (χ4n) is 3.06. The lowest BCUT2D eigenvalue weighted by molar-refractivity contribution is -0.139. The number of rotatable bonds is 7. The van der Waals surface area contributed by atoms with Crippen molar-refractivity contribution in [2.45, 2.75) is 19.6 Å². The number of anilines is 1. The summed E-state index contributed by atoms with van der Waals surface area (Å²) in [6.45, 7) is 0.922. The Labute approximate surface area is 196 Å². The first-order valence-electron chi connectivity index (χ1n) is 9.91. The molecule has 0 saturated carbocycles. The van der Waals surface area contributed by atoms with Gasteiger partial charge in [0.25, 0.3) is 0 Å². The molecule has 0 spiro atoms. The zero-order valence-corrected chi connectivity index (χ0v) is 18.5. The summed E-state index contributed by atoms with van der Waals surface area (Å²) in [5.41, 5.74) is 2.03. The summed E-state index contributed by atoms with van der Waals surface area (Å²) in [5, 5.41) is 3.35. The first kappa shape index (κ1) is 25.2. The molecule has 0 atom stereocenters. The number of alkyl halides is 3. The molecule has 3 rings (SSSR count). The zero-order valence-electron chi connectivity index (χ0n) is 17.7. The van der Waals surface area contributed by atoms with Gasteiger partial charge in [-0.25, -0.2) is 19.6 Å². The molecule has 0 saturated heterocycles. The number of carbonyl (C=O) groups is 2. The van der Waals surface area contributed by atoms with Crippen molar-refractivity contribution in [2.75, 3.05) is 18.5 Å². The van der Waals surface area contributed by atoms with Crippen LogP contribution in [-0.2, 0) is 22.3 Å². The quantitative estimate of drug-likeness (QED) is 0.348. The lowest BCUT2D eigenvalue weighted by Gasteiger charge is -2.22. The first-order chi connectivity index (χ1) is 16.1. The largest absolute Gasteiger partial charge is 0.447 e. The van der Waals surface area contributed by atoms with Crippen LogP contribution in [0, 0.1) is 5.82 Å². The number of hydrazine groups is 1. The molecule has 0 aliphatic rings. The maximum Gasteiger partial charge on any atom is 0.434 e. The van der Waals surface area contributed by atoms with E-state index in [0.717, 1.165) is 5.01 Å². The number of nitrogens with zero attached hydrogens (tertiary/aromatic N) is 2. The predicted octanol–water partition coefficient (Wildman–Crippen LogP) is 5.15. The number of pyridine rings is 1. The van der Waals surface area contributed by atoms with Crippen LogP contribution < -0.4 is 10.7 Å². The van der Waals surface area contributed by atoms with Crippen LogP contribution in [0.25, 0.3) is 10.8 Å². The maximum atomic E-state index is 13.5. The van der Waals surface area contributed by atoms with E-state index in [9.17, 15) is 27.2 Å². The van der Waals surface area contributed by atoms with E-state index < -0.39 is 29.7 Å². The Balaban J connectivity index is 1.59. The van der Waals surface area contributed by atoms with Gasteiger partial charge < -0.3 is 4.74 Å². The average molecular weight is 499 g/mol. The molecular weight excluding hydrogens is 480 g/mol. The third-order valence-corrected chi connectivity index (χ3v) is 5.08. The van der Waals surface area contributed by atoms with E-state index >= 15 is 0 Å². The summed E-state index contributed by atoms with van der Waals surface area (Å²) >= 11 is 5.88. The number of aromatic nitrogens is 1. The Hall–Kier alpha value is -3.44. The van der Waals surface area contributed by atoms with Crippen LogP contribution in [0.5, 0.6) is 0 Å². The Kier molecular flexibility index (Phi) is 7.90. The molecule has 0 aliphatic carbocycles. The lowest BCUT2D eigenvalue weighted by atomic mass is 10.1. The zero-order chi connectivity index (χ0) is 24.9. The first-order valence-corrected chi connectivity index (χ1v) is 10.3. The molecule has 1 heterocycles. The average Bonchev–Trinajstić information content (AvgIpc) is 2.77. The molecule has 1 aromatic heterocycles. The summed E-state index contributed by atoms with van der Waals surface area (Å²) in [4.78, 5) is 27.4. The number of benzene rings is 2. The molecule has 7 nitrogen and oxygen atoms in total. The second-order valence-corrected chi connectivity index (χ2v) is 7.43. The van der Waals surface area contributed by atoms with Crippen LogP contribution in [0.4, 0.5) is 28.2 Å². The molecule has 2 aromatic carbocycles. The van der Waals surface area contributed by atoms with Gasteiger partial charge in [-0.05, 0) is 23.1 Å². The van der Waals surface area contributed by atoms with Crippen molar-refractivity contribution in [3.63, 3.8) is 0 Å². The third kappa shape index (κ3) is 6.33. The van der Waals surface area contributed by atoms with Gasteiger partial charge in [-0.1, -0.05) is 48.0 Å². The summed E-state index contributed by atoms with van der Waals surface area (Å²) in [6, 6.07) is 11.3. The number of hydrogen-bond acceptors (Lipinski definition) is 5. The topological polar surface area (TPSA) is 83.6 Å². The molecule has 0 unspecified atom stereocenters. The van der Waals surface area contributed by atoms with Crippen molar-refractivity contribution in [2.24, 2.45) is 0 Å². The van der Waals surface area contributed by atoms with E-state index in [0.29, 0.717) is 5.56 Å². The Morgan fingerprint density at radius 2 is 1.88 bits per heavy atom. The van der Waals surface area contributed by atoms with Gasteiger partial charge >= 0.3 is 12.3 Å². The number of nitrogens with one attached hydrogen (secondary N) is 2. The fraction of sp³-hybridized carbons (Fsp3) is 0.227. The van der Waals surface area contributed by atoms with Gasteiger partial charge in [0, 0.05) is 18.9 Å². The highest BCUT2D eigenvalue weighted by molar-refractivity contribution is 6.31.